The van der Waals surface area contributed by atoms with Gasteiger partial charge in [0.15, 0.2) is 0 Å². The Labute approximate surface area is 165 Å². The molecule has 0 saturated carbocycles. The first kappa shape index (κ1) is 14.2. The van der Waals surface area contributed by atoms with Crippen LogP contribution in [-0.2, 0) is 14.1 Å². The molecule has 0 bridgehead atoms. The van der Waals surface area contributed by atoms with E-state index in [1.54, 1.807) is 0 Å². The molecule has 0 aliphatic heterocycles. The maximum atomic E-state index is 7.79. The molecule has 1 aromatic carbocycles. The summed E-state index contributed by atoms with van der Waals surface area (Å²) in [5.74, 6) is 0.644. The van der Waals surface area contributed by atoms with E-state index in [0.717, 1.165) is 22.8 Å². The lowest BCUT2D eigenvalue weighted by atomic mass is 10.0. The number of hydrogen-bond acceptors (Lipinski definition) is 1. The third-order valence-corrected chi connectivity index (χ3v) is 5.52. The predicted molar refractivity (Wildman–Crippen MR) is 110 cm³/mol. The van der Waals surface area contributed by atoms with Crippen molar-refractivity contribution in [1.29, 1.82) is 0 Å². The smallest absolute Gasteiger partial charge is 0.231 e. The number of fused-ring (bicyclic) bond motifs is 1. The number of benzene rings is 1. The van der Waals surface area contributed by atoms with Gasteiger partial charge >= 0.3 is 0 Å². The van der Waals surface area contributed by atoms with Crippen molar-refractivity contribution in [1.82, 2.24) is 14.0 Å². The SMILES string of the molecule is [2H]C([2H])([2H])c1nc2n(C)c(-c3cc(C)cc(-c4ccccc4C)[n+]3C)c(C)n2c1C. The minimum atomic E-state index is -2.23. The molecule has 4 aromatic rings. The van der Waals surface area contributed by atoms with Crippen molar-refractivity contribution in [2.24, 2.45) is 14.1 Å². The lowest BCUT2D eigenvalue weighted by Crippen LogP contribution is -2.35. The van der Waals surface area contributed by atoms with Crippen LogP contribution in [-0.4, -0.2) is 14.0 Å². The van der Waals surface area contributed by atoms with Crippen molar-refractivity contribution in [3.8, 4) is 22.6 Å². The molecule has 138 valence electrons. The Morgan fingerprint density at radius 2 is 1.70 bits per heavy atom. The normalized spacial score (nSPS) is 13.6. The van der Waals surface area contributed by atoms with Crippen LogP contribution in [0.2, 0.25) is 0 Å². The van der Waals surface area contributed by atoms with Crippen molar-refractivity contribution < 1.29 is 8.68 Å². The van der Waals surface area contributed by atoms with Crippen LogP contribution in [0, 0.1) is 34.5 Å². The van der Waals surface area contributed by atoms with Gasteiger partial charge in [0, 0.05) is 34.6 Å². The third-order valence-electron chi connectivity index (χ3n) is 5.52. The Kier molecular flexibility index (Phi) is 3.20. The van der Waals surface area contributed by atoms with Crippen LogP contribution in [0.25, 0.3) is 28.4 Å². The average Bonchev–Trinajstić information content (AvgIpc) is 3.13. The Morgan fingerprint density at radius 3 is 2.37 bits per heavy atom. The second-order valence-corrected chi connectivity index (χ2v) is 7.35. The molecule has 27 heavy (non-hydrogen) atoms. The second-order valence-electron chi connectivity index (χ2n) is 7.35. The van der Waals surface area contributed by atoms with Crippen molar-refractivity contribution >= 4 is 5.78 Å². The van der Waals surface area contributed by atoms with Gasteiger partial charge in [-0.05, 0) is 51.7 Å². The van der Waals surface area contributed by atoms with Gasteiger partial charge in [-0.2, -0.15) is 4.57 Å². The molecular formula is C23H27N4+. The number of imidazole rings is 2. The average molecular weight is 363 g/mol. The van der Waals surface area contributed by atoms with Gasteiger partial charge < -0.3 is 4.57 Å². The molecule has 4 heteroatoms. The largest absolute Gasteiger partial charge is 0.308 e. The summed E-state index contributed by atoms with van der Waals surface area (Å²) in [5.41, 5.74) is 8.62. The molecule has 0 unspecified atom stereocenters. The summed E-state index contributed by atoms with van der Waals surface area (Å²) >= 11 is 0. The molecule has 0 N–H and O–H groups in total. The first-order chi connectivity index (χ1) is 14.0. The van der Waals surface area contributed by atoms with E-state index in [2.05, 4.69) is 66.8 Å². The van der Waals surface area contributed by atoms with E-state index in [0.29, 0.717) is 11.5 Å². The maximum Gasteiger partial charge on any atom is 0.231 e. The molecule has 3 aromatic heterocycles. The Morgan fingerprint density at radius 1 is 1.00 bits per heavy atom. The van der Waals surface area contributed by atoms with Gasteiger partial charge in [0.05, 0.1) is 11.4 Å². The summed E-state index contributed by atoms with van der Waals surface area (Å²) < 4.78 is 29.5. The maximum absolute atomic E-state index is 7.79. The van der Waals surface area contributed by atoms with Gasteiger partial charge in [-0.3, -0.25) is 4.40 Å². The molecule has 0 radical (unpaired) electrons. The monoisotopic (exact) mass is 362 g/mol. The number of nitrogens with zero attached hydrogens (tertiary/aromatic N) is 4. The van der Waals surface area contributed by atoms with Crippen LogP contribution in [0.1, 0.15) is 32.3 Å². The van der Waals surface area contributed by atoms with Crippen LogP contribution in [0.3, 0.4) is 0 Å². The van der Waals surface area contributed by atoms with Crippen LogP contribution >= 0.6 is 0 Å². The molecule has 4 nitrogen and oxygen atoms in total. The molecule has 0 aliphatic carbocycles. The number of aryl methyl sites for hydroxylation is 6. The highest BCUT2D eigenvalue weighted by Gasteiger charge is 2.26. The molecule has 0 atom stereocenters. The third kappa shape index (κ3) is 2.51. The van der Waals surface area contributed by atoms with E-state index in [4.69, 9.17) is 4.11 Å². The van der Waals surface area contributed by atoms with Crippen molar-refractivity contribution in [2.75, 3.05) is 0 Å². The zero-order valence-electron chi connectivity index (χ0n) is 19.8. The van der Waals surface area contributed by atoms with E-state index < -0.39 is 6.85 Å². The summed E-state index contributed by atoms with van der Waals surface area (Å²) in [6, 6.07) is 12.8. The minimum Gasteiger partial charge on any atom is -0.308 e. The van der Waals surface area contributed by atoms with E-state index in [9.17, 15) is 0 Å². The molecule has 0 fully saturated rings. The van der Waals surface area contributed by atoms with E-state index in [1.807, 2.05) is 29.9 Å². The van der Waals surface area contributed by atoms with Crippen LogP contribution in [0.15, 0.2) is 36.4 Å². The molecule has 0 amide bonds. The Bertz CT molecular complexity index is 1290. The zero-order valence-corrected chi connectivity index (χ0v) is 16.8. The summed E-state index contributed by atoms with van der Waals surface area (Å²) in [7, 11) is 4.02. The minimum absolute atomic E-state index is 0.164. The first-order valence-electron chi connectivity index (χ1n) is 10.6. The van der Waals surface area contributed by atoms with Crippen LogP contribution in [0.5, 0.6) is 0 Å². The van der Waals surface area contributed by atoms with E-state index >= 15 is 0 Å². The predicted octanol–water partition coefficient (Wildman–Crippen LogP) is 4.37. The fourth-order valence-electron chi connectivity index (χ4n) is 4.06. The first-order valence-corrected chi connectivity index (χ1v) is 9.14. The standard InChI is InChI=1S/C23H27N4/c1-14-12-20(19-11-9-8-10-15(19)2)25(6)21(13-14)22-18(5)27-17(4)16(3)24-23(27)26(22)7/h8-13H,1-7H3/q+1/i3D3. The summed E-state index contributed by atoms with van der Waals surface area (Å²) in [4.78, 5) is 4.49. The number of pyridine rings is 1. The van der Waals surface area contributed by atoms with E-state index in [-0.39, 0.29) is 5.69 Å². The number of aromatic nitrogens is 4. The van der Waals surface area contributed by atoms with Gasteiger partial charge in [-0.15, -0.1) is 0 Å². The van der Waals surface area contributed by atoms with Crippen molar-refractivity contribution in [3.63, 3.8) is 0 Å². The molecular weight excluding hydrogens is 332 g/mol. The number of hydrogen-bond donors (Lipinski definition) is 0. The second kappa shape index (κ2) is 6.08. The van der Waals surface area contributed by atoms with Gasteiger partial charge in [0.1, 0.15) is 12.7 Å². The fraction of sp³-hybridized carbons (Fsp3) is 0.304. The van der Waals surface area contributed by atoms with E-state index in [1.165, 1.54) is 16.7 Å². The lowest BCUT2D eigenvalue weighted by Gasteiger charge is -2.10. The van der Waals surface area contributed by atoms with Crippen LogP contribution < -0.4 is 4.57 Å². The van der Waals surface area contributed by atoms with Gasteiger partial charge in [-0.1, -0.05) is 18.2 Å². The van der Waals surface area contributed by atoms with Crippen molar-refractivity contribution in [2.45, 2.75) is 34.5 Å². The molecule has 3 heterocycles. The molecule has 0 spiro atoms. The zero-order chi connectivity index (χ0) is 22.0. The van der Waals surface area contributed by atoms with Crippen molar-refractivity contribution in [3.05, 3.63) is 64.6 Å². The van der Waals surface area contributed by atoms with Gasteiger partial charge in [-0.25, -0.2) is 4.98 Å². The Hall–Kier alpha value is -2.88. The van der Waals surface area contributed by atoms with Gasteiger partial charge in [0.25, 0.3) is 0 Å². The highest BCUT2D eigenvalue weighted by Crippen LogP contribution is 2.29. The number of rotatable bonds is 2. The van der Waals surface area contributed by atoms with Gasteiger partial charge in [0.2, 0.25) is 17.2 Å². The summed E-state index contributed by atoms with van der Waals surface area (Å²) in [6.45, 7) is 5.85. The molecule has 0 saturated heterocycles. The molecule has 0 aliphatic rings. The topological polar surface area (TPSA) is 26.1 Å². The highest BCUT2D eigenvalue weighted by atomic mass is 15.2. The fourth-order valence-corrected chi connectivity index (χ4v) is 4.06. The van der Waals surface area contributed by atoms with Crippen LogP contribution in [0.4, 0.5) is 0 Å². The lowest BCUT2D eigenvalue weighted by molar-refractivity contribution is -0.649. The Balaban J connectivity index is 2.01. The summed E-state index contributed by atoms with van der Waals surface area (Å²) in [6.07, 6.45) is 0. The highest BCUT2D eigenvalue weighted by molar-refractivity contribution is 5.67. The summed E-state index contributed by atoms with van der Waals surface area (Å²) in [5, 5.41) is 0. The quantitative estimate of drug-likeness (QED) is 0.486. The molecule has 4 rings (SSSR count).